The number of carbonyl (C=O) groups excluding carboxylic acids is 1. The number of esters is 1. The molecule has 1 aromatic carbocycles. The van der Waals surface area contributed by atoms with Crippen LogP contribution < -0.4 is 5.32 Å². The highest BCUT2D eigenvalue weighted by Crippen LogP contribution is 2.11. The van der Waals surface area contributed by atoms with Gasteiger partial charge < -0.3 is 15.2 Å². The Labute approximate surface area is 101 Å². The van der Waals surface area contributed by atoms with E-state index in [0.717, 1.165) is 5.56 Å². The Balaban J connectivity index is 0.00000225. The first kappa shape index (κ1) is 14.7. The maximum absolute atomic E-state index is 11.3. The van der Waals surface area contributed by atoms with Crippen LogP contribution in [0.3, 0.4) is 0 Å². The van der Waals surface area contributed by atoms with Gasteiger partial charge in [-0.1, -0.05) is 12.1 Å². The van der Waals surface area contributed by atoms with Gasteiger partial charge in [0, 0.05) is 0 Å². The van der Waals surface area contributed by atoms with Gasteiger partial charge in [-0.3, -0.25) is 4.79 Å². The van der Waals surface area contributed by atoms with E-state index >= 15 is 0 Å². The predicted molar refractivity (Wildman–Crippen MR) is 63.9 cm³/mol. The molecule has 90 valence electrons. The molecule has 0 aromatic heterocycles. The average Bonchev–Trinajstić information content (AvgIpc) is 2.27. The van der Waals surface area contributed by atoms with Crippen LogP contribution in [0.1, 0.15) is 5.56 Å². The average molecular weight is 246 g/mol. The lowest BCUT2D eigenvalue weighted by Crippen LogP contribution is -2.36. The number of methoxy groups -OCH3 is 1. The first-order valence-electron chi connectivity index (χ1n) is 4.70. The Morgan fingerprint density at radius 2 is 2.00 bits per heavy atom. The Morgan fingerprint density at radius 1 is 1.44 bits per heavy atom. The number of ether oxygens (including phenoxy) is 1. The highest BCUT2D eigenvalue weighted by molar-refractivity contribution is 5.85. The number of nitrogens with one attached hydrogen (secondary N) is 1. The van der Waals surface area contributed by atoms with Crippen molar-refractivity contribution in [3.8, 4) is 5.75 Å². The molecule has 2 N–H and O–H groups in total. The molecule has 0 unspecified atom stereocenters. The molecule has 1 rings (SSSR count). The van der Waals surface area contributed by atoms with Gasteiger partial charge in [-0.15, -0.1) is 12.4 Å². The molecule has 0 aliphatic carbocycles. The largest absolute Gasteiger partial charge is 0.508 e. The van der Waals surface area contributed by atoms with Crippen LogP contribution in [0.2, 0.25) is 0 Å². The minimum Gasteiger partial charge on any atom is -0.508 e. The van der Waals surface area contributed by atoms with Gasteiger partial charge in [-0.25, -0.2) is 0 Å². The molecule has 0 saturated carbocycles. The lowest BCUT2D eigenvalue weighted by atomic mass is 10.1. The summed E-state index contributed by atoms with van der Waals surface area (Å²) in [6.07, 6.45) is 0.545. The normalized spacial score (nSPS) is 11.4. The second kappa shape index (κ2) is 7.09. The standard InChI is InChI=1S/C11H15NO3.ClH/c1-12-10(11(14)15-2)7-8-3-5-9(13)6-4-8;/h3-6,10,12-13H,7H2,1-2H3;1H/t10-;/m0./s1. The summed E-state index contributed by atoms with van der Waals surface area (Å²) in [5, 5.41) is 12.0. The number of phenolic OH excluding ortho intramolecular Hbond substituents is 1. The Bertz CT molecular complexity index is 327. The van der Waals surface area contributed by atoms with Crippen LogP contribution >= 0.6 is 12.4 Å². The quantitative estimate of drug-likeness (QED) is 0.781. The van der Waals surface area contributed by atoms with Crippen molar-refractivity contribution in [2.75, 3.05) is 14.2 Å². The zero-order valence-corrected chi connectivity index (χ0v) is 10.1. The minimum absolute atomic E-state index is 0. The minimum atomic E-state index is -0.348. The van der Waals surface area contributed by atoms with E-state index in [4.69, 9.17) is 5.11 Å². The van der Waals surface area contributed by atoms with Gasteiger partial charge in [0.2, 0.25) is 0 Å². The number of aromatic hydroxyl groups is 1. The summed E-state index contributed by atoms with van der Waals surface area (Å²) in [6, 6.07) is 6.41. The van der Waals surface area contributed by atoms with Gasteiger partial charge in [0.05, 0.1) is 7.11 Å². The van der Waals surface area contributed by atoms with E-state index in [2.05, 4.69) is 10.1 Å². The van der Waals surface area contributed by atoms with E-state index in [9.17, 15) is 4.79 Å². The molecule has 0 spiro atoms. The Kier molecular flexibility index (Phi) is 6.53. The van der Waals surface area contributed by atoms with Crippen molar-refractivity contribution < 1.29 is 14.6 Å². The van der Waals surface area contributed by atoms with Gasteiger partial charge in [-0.2, -0.15) is 0 Å². The Morgan fingerprint density at radius 3 is 2.44 bits per heavy atom. The van der Waals surface area contributed by atoms with Crippen LogP contribution in [0.25, 0.3) is 0 Å². The summed E-state index contributed by atoms with van der Waals surface area (Å²) in [7, 11) is 3.07. The highest BCUT2D eigenvalue weighted by Gasteiger charge is 2.16. The van der Waals surface area contributed by atoms with Crippen molar-refractivity contribution in [1.29, 1.82) is 0 Å². The van der Waals surface area contributed by atoms with Crippen LogP contribution in [0.15, 0.2) is 24.3 Å². The number of hydrogen-bond donors (Lipinski definition) is 2. The fourth-order valence-corrected chi connectivity index (χ4v) is 1.31. The number of rotatable bonds is 4. The first-order chi connectivity index (χ1) is 7.17. The summed E-state index contributed by atoms with van der Waals surface area (Å²) in [6.45, 7) is 0. The molecule has 0 heterocycles. The van der Waals surface area contributed by atoms with Crippen molar-refractivity contribution in [3.05, 3.63) is 29.8 Å². The second-order valence-electron chi connectivity index (χ2n) is 3.23. The number of carbonyl (C=O) groups is 1. The summed E-state index contributed by atoms with van der Waals surface area (Å²) in [5.74, 6) is -0.0663. The third kappa shape index (κ3) is 4.08. The summed E-state index contributed by atoms with van der Waals surface area (Å²) in [5.41, 5.74) is 0.970. The summed E-state index contributed by atoms with van der Waals surface area (Å²) >= 11 is 0. The van der Waals surface area contributed by atoms with Crippen LogP contribution in [0, 0.1) is 0 Å². The van der Waals surface area contributed by atoms with E-state index < -0.39 is 0 Å². The summed E-state index contributed by atoms with van der Waals surface area (Å²) < 4.78 is 4.65. The highest BCUT2D eigenvalue weighted by atomic mass is 35.5. The van der Waals surface area contributed by atoms with Gasteiger partial charge in [0.1, 0.15) is 11.8 Å². The molecule has 4 nitrogen and oxygen atoms in total. The van der Waals surface area contributed by atoms with Gasteiger partial charge in [0.25, 0.3) is 0 Å². The molecular weight excluding hydrogens is 230 g/mol. The molecule has 0 saturated heterocycles. The van der Waals surface area contributed by atoms with Gasteiger partial charge in [0.15, 0.2) is 0 Å². The van der Waals surface area contributed by atoms with Gasteiger partial charge >= 0.3 is 5.97 Å². The van der Waals surface area contributed by atoms with Crippen molar-refractivity contribution in [2.45, 2.75) is 12.5 Å². The number of benzene rings is 1. The van der Waals surface area contributed by atoms with E-state index in [1.54, 1.807) is 31.3 Å². The fraction of sp³-hybridized carbons (Fsp3) is 0.364. The first-order valence-corrected chi connectivity index (χ1v) is 4.70. The van der Waals surface area contributed by atoms with Crippen molar-refractivity contribution >= 4 is 18.4 Å². The second-order valence-corrected chi connectivity index (χ2v) is 3.23. The molecule has 16 heavy (non-hydrogen) atoms. The fourth-order valence-electron chi connectivity index (χ4n) is 1.31. The van der Waals surface area contributed by atoms with E-state index in [0.29, 0.717) is 6.42 Å². The maximum atomic E-state index is 11.3. The lowest BCUT2D eigenvalue weighted by molar-refractivity contribution is -0.142. The number of phenols is 1. The molecule has 1 aromatic rings. The molecule has 0 radical (unpaired) electrons. The van der Waals surface area contributed by atoms with E-state index in [1.165, 1.54) is 7.11 Å². The van der Waals surface area contributed by atoms with Crippen molar-refractivity contribution in [1.82, 2.24) is 5.32 Å². The summed E-state index contributed by atoms with van der Waals surface area (Å²) in [4.78, 5) is 11.3. The van der Waals surface area contributed by atoms with Crippen LogP contribution in [0.4, 0.5) is 0 Å². The third-order valence-corrected chi connectivity index (χ3v) is 2.21. The molecule has 0 aliphatic rings. The van der Waals surface area contributed by atoms with Crippen LogP contribution in [0.5, 0.6) is 5.75 Å². The monoisotopic (exact) mass is 245 g/mol. The molecular formula is C11H16ClNO3. The smallest absolute Gasteiger partial charge is 0.323 e. The lowest BCUT2D eigenvalue weighted by Gasteiger charge is -2.13. The Hall–Kier alpha value is -1.26. The van der Waals surface area contributed by atoms with Crippen LogP contribution in [-0.2, 0) is 16.0 Å². The number of hydrogen-bond acceptors (Lipinski definition) is 4. The zero-order chi connectivity index (χ0) is 11.3. The van der Waals surface area contributed by atoms with Crippen LogP contribution in [-0.4, -0.2) is 31.3 Å². The van der Waals surface area contributed by atoms with Crippen molar-refractivity contribution in [3.63, 3.8) is 0 Å². The zero-order valence-electron chi connectivity index (χ0n) is 9.27. The molecule has 5 heteroatoms. The SMILES string of the molecule is CN[C@@H](Cc1ccc(O)cc1)C(=O)OC.Cl. The topological polar surface area (TPSA) is 58.6 Å². The molecule has 1 atom stereocenters. The number of likely N-dealkylation sites (N-methyl/N-ethyl adjacent to an activating group) is 1. The molecule has 0 amide bonds. The molecule has 0 fully saturated rings. The molecule has 0 aliphatic heterocycles. The van der Waals surface area contributed by atoms with E-state index in [1.807, 2.05) is 0 Å². The molecule has 0 bridgehead atoms. The number of halogens is 1. The third-order valence-electron chi connectivity index (χ3n) is 2.21. The maximum Gasteiger partial charge on any atom is 0.323 e. The predicted octanol–water partition coefficient (Wildman–Crippen LogP) is 1.12. The van der Waals surface area contributed by atoms with Crippen molar-refractivity contribution in [2.24, 2.45) is 0 Å². The van der Waals surface area contributed by atoms with Gasteiger partial charge in [-0.05, 0) is 31.2 Å². The van der Waals surface area contributed by atoms with E-state index in [-0.39, 0.29) is 30.2 Å².